The van der Waals surface area contributed by atoms with Crippen LogP contribution in [-0.2, 0) is 11.3 Å². The summed E-state index contributed by atoms with van der Waals surface area (Å²) in [5.74, 6) is -0.301. The number of nitrogens with zero attached hydrogens (tertiary/aromatic N) is 1. The maximum atomic E-state index is 12.9. The lowest BCUT2D eigenvalue weighted by molar-refractivity contribution is -0.133. The minimum Gasteiger partial charge on any atom is -0.340 e. The minimum absolute atomic E-state index is 0.00409. The van der Waals surface area contributed by atoms with Gasteiger partial charge in [0.15, 0.2) is 0 Å². The zero-order chi connectivity index (χ0) is 19.3. The number of nitrogens with one attached hydrogen (secondary N) is 1. The molecule has 1 N–H and O–H groups in total. The van der Waals surface area contributed by atoms with Gasteiger partial charge < -0.3 is 10.2 Å². The molecule has 0 bridgehead atoms. The number of hydrogen-bond acceptors (Lipinski definition) is 2. The summed E-state index contributed by atoms with van der Waals surface area (Å²) in [5.41, 5.74) is 3.85. The molecule has 0 unspecified atom stereocenters. The summed E-state index contributed by atoms with van der Waals surface area (Å²) in [4.78, 5) is 27.2. The number of carbonyl (C=O) groups is 2. The van der Waals surface area contributed by atoms with Crippen molar-refractivity contribution in [2.45, 2.75) is 40.3 Å². The Kier molecular flexibility index (Phi) is 6.56. The Morgan fingerprint density at radius 3 is 2.35 bits per heavy atom. The lowest BCUT2D eigenvalue weighted by Gasteiger charge is -2.27. The van der Waals surface area contributed by atoms with Crippen LogP contribution in [0.25, 0.3) is 0 Å². The van der Waals surface area contributed by atoms with Crippen molar-refractivity contribution in [2.24, 2.45) is 5.92 Å². The molecular formula is C22H28N2O2. The fourth-order valence-electron chi connectivity index (χ4n) is 2.88. The van der Waals surface area contributed by atoms with E-state index in [1.165, 1.54) is 0 Å². The molecule has 0 saturated carbocycles. The van der Waals surface area contributed by atoms with Gasteiger partial charge in [-0.2, -0.15) is 0 Å². The van der Waals surface area contributed by atoms with Crippen LogP contribution in [0, 0.1) is 19.8 Å². The predicted octanol–water partition coefficient (Wildman–Crippen LogP) is 3.72. The largest absolute Gasteiger partial charge is 0.340 e. The zero-order valence-corrected chi connectivity index (χ0v) is 16.2. The lowest BCUT2D eigenvalue weighted by Crippen LogP contribution is -2.50. The van der Waals surface area contributed by atoms with Gasteiger partial charge in [0.1, 0.15) is 6.04 Å². The average molecular weight is 352 g/mol. The maximum Gasteiger partial charge on any atom is 0.251 e. The Balaban J connectivity index is 2.11. The van der Waals surface area contributed by atoms with Crippen LogP contribution in [0.15, 0.2) is 48.5 Å². The van der Waals surface area contributed by atoms with E-state index in [0.717, 1.165) is 16.7 Å². The van der Waals surface area contributed by atoms with Crippen LogP contribution in [0.4, 0.5) is 0 Å². The van der Waals surface area contributed by atoms with Gasteiger partial charge in [-0.25, -0.2) is 0 Å². The molecule has 4 nitrogen and oxygen atoms in total. The fraction of sp³-hybridized carbons (Fsp3) is 0.364. The van der Waals surface area contributed by atoms with Crippen molar-refractivity contribution in [3.8, 4) is 0 Å². The summed E-state index contributed by atoms with van der Waals surface area (Å²) in [5, 5.41) is 2.91. The lowest BCUT2D eigenvalue weighted by atomic mass is 10.0. The first kappa shape index (κ1) is 19.7. The molecule has 2 aromatic rings. The summed E-state index contributed by atoms with van der Waals surface area (Å²) in [6.45, 7) is 8.39. The molecule has 0 saturated heterocycles. The highest BCUT2D eigenvalue weighted by Crippen LogP contribution is 2.13. The van der Waals surface area contributed by atoms with Crippen molar-refractivity contribution < 1.29 is 9.59 Å². The van der Waals surface area contributed by atoms with Gasteiger partial charge in [-0.3, -0.25) is 9.59 Å². The Morgan fingerprint density at radius 2 is 1.73 bits per heavy atom. The number of carbonyl (C=O) groups excluding carboxylic acids is 2. The average Bonchev–Trinajstić information content (AvgIpc) is 2.60. The van der Waals surface area contributed by atoms with Gasteiger partial charge in [-0.1, -0.05) is 55.8 Å². The number of aryl methyl sites for hydroxylation is 2. The molecule has 0 aliphatic rings. The third kappa shape index (κ3) is 4.94. The molecule has 138 valence electrons. The first-order valence-electron chi connectivity index (χ1n) is 8.96. The molecule has 2 amide bonds. The van der Waals surface area contributed by atoms with Crippen molar-refractivity contribution in [3.63, 3.8) is 0 Å². The molecule has 2 aromatic carbocycles. The van der Waals surface area contributed by atoms with E-state index in [2.05, 4.69) is 5.32 Å². The van der Waals surface area contributed by atoms with Gasteiger partial charge in [0.25, 0.3) is 5.91 Å². The summed E-state index contributed by atoms with van der Waals surface area (Å²) in [6, 6.07) is 14.8. The first-order valence-corrected chi connectivity index (χ1v) is 8.96. The Labute approximate surface area is 156 Å². The van der Waals surface area contributed by atoms with Gasteiger partial charge in [-0.15, -0.1) is 0 Å². The topological polar surface area (TPSA) is 49.4 Å². The highest BCUT2D eigenvalue weighted by Gasteiger charge is 2.27. The molecule has 1 atom stereocenters. The summed E-state index contributed by atoms with van der Waals surface area (Å²) in [7, 11) is 1.78. The van der Waals surface area contributed by atoms with Crippen LogP contribution in [0.1, 0.15) is 40.9 Å². The minimum atomic E-state index is -0.558. The van der Waals surface area contributed by atoms with Crippen LogP contribution >= 0.6 is 0 Å². The van der Waals surface area contributed by atoms with E-state index in [1.54, 1.807) is 18.0 Å². The SMILES string of the molecule is Cc1cccc(C(=O)N[C@H](C(=O)N(C)Cc2ccccc2C)C(C)C)c1. The molecule has 2 rings (SSSR count). The molecule has 26 heavy (non-hydrogen) atoms. The third-order valence-corrected chi connectivity index (χ3v) is 4.54. The molecular weight excluding hydrogens is 324 g/mol. The quantitative estimate of drug-likeness (QED) is 0.861. The van der Waals surface area contributed by atoms with Crippen LogP contribution in [-0.4, -0.2) is 29.8 Å². The Bertz CT molecular complexity index is 783. The molecule has 0 aliphatic heterocycles. The molecule has 0 spiro atoms. The summed E-state index contributed by atoms with van der Waals surface area (Å²) < 4.78 is 0. The molecule has 0 radical (unpaired) electrons. The van der Waals surface area contributed by atoms with E-state index in [-0.39, 0.29) is 17.7 Å². The van der Waals surface area contributed by atoms with Gasteiger partial charge in [0, 0.05) is 19.2 Å². The van der Waals surface area contributed by atoms with Gasteiger partial charge in [0.2, 0.25) is 5.91 Å². The van der Waals surface area contributed by atoms with E-state index in [9.17, 15) is 9.59 Å². The molecule has 0 aromatic heterocycles. The van der Waals surface area contributed by atoms with Crippen molar-refractivity contribution in [3.05, 3.63) is 70.8 Å². The van der Waals surface area contributed by atoms with Crippen LogP contribution in [0.2, 0.25) is 0 Å². The second-order valence-electron chi connectivity index (χ2n) is 7.19. The number of likely N-dealkylation sites (N-methyl/N-ethyl adjacent to an activating group) is 1. The van der Waals surface area contributed by atoms with E-state index in [0.29, 0.717) is 12.1 Å². The number of rotatable bonds is 6. The Hall–Kier alpha value is -2.62. The molecule has 0 fully saturated rings. The number of amides is 2. The van der Waals surface area contributed by atoms with Crippen LogP contribution < -0.4 is 5.32 Å². The van der Waals surface area contributed by atoms with E-state index in [4.69, 9.17) is 0 Å². The smallest absolute Gasteiger partial charge is 0.251 e. The second kappa shape index (κ2) is 8.65. The van der Waals surface area contributed by atoms with E-state index < -0.39 is 6.04 Å². The summed E-state index contributed by atoms with van der Waals surface area (Å²) in [6.07, 6.45) is 0. The van der Waals surface area contributed by atoms with Gasteiger partial charge in [-0.05, 0) is 43.0 Å². The molecule has 0 heterocycles. The standard InChI is InChI=1S/C22H28N2O2/c1-15(2)20(23-21(25)18-12-8-9-16(3)13-18)22(26)24(5)14-19-11-7-6-10-17(19)4/h6-13,15,20H,14H2,1-5H3,(H,23,25)/t20-/m0/s1. The second-order valence-corrected chi connectivity index (χ2v) is 7.19. The van der Waals surface area contributed by atoms with Gasteiger partial charge in [0.05, 0.1) is 0 Å². The van der Waals surface area contributed by atoms with E-state index >= 15 is 0 Å². The molecule has 0 aliphatic carbocycles. The zero-order valence-electron chi connectivity index (χ0n) is 16.2. The molecule has 4 heteroatoms. The predicted molar refractivity (Wildman–Crippen MR) is 105 cm³/mol. The first-order chi connectivity index (χ1) is 12.3. The monoisotopic (exact) mass is 352 g/mol. The van der Waals surface area contributed by atoms with Crippen LogP contribution in [0.5, 0.6) is 0 Å². The Morgan fingerprint density at radius 1 is 1.04 bits per heavy atom. The van der Waals surface area contributed by atoms with Gasteiger partial charge >= 0.3 is 0 Å². The maximum absolute atomic E-state index is 12.9. The highest BCUT2D eigenvalue weighted by atomic mass is 16.2. The van der Waals surface area contributed by atoms with Crippen molar-refractivity contribution in [1.29, 1.82) is 0 Å². The number of benzene rings is 2. The van der Waals surface area contributed by atoms with E-state index in [1.807, 2.05) is 70.2 Å². The van der Waals surface area contributed by atoms with Crippen LogP contribution in [0.3, 0.4) is 0 Å². The van der Waals surface area contributed by atoms with Crippen molar-refractivity contribution in [2.75, 3.05) is 7.05 Å². The highest BCUT2D eigenvalue weighted by molar-refractivity contribution is 5.97. The summed E-state index contributed by atoms with van der Waals surface area (Å²) >= 11 is 0. The normalized spacial score (nSPS) is 11.9. The number of hydrogen-bond donors (Lipinski definition) is 1. The third-order valence-electron chi connectivity index (χ3n) is 4.54. The fourth-order valence-corrected chi connectivity index (χ4v) is 2.88. The van der Waals surface area contributed by atoms with Crippen molar-refractivity contribution in [1.82, 2.24) is 10.2 Å². The van der Waals surface area contributed by atoms with Crippen molar-refractivity contribution >= 4 is 11.8 Å².